The third-order valence-corrected chi connectivity index (χ3v) is 3.84. The maximum absolute atomic E-state index is 5.35. The number of ether oxygens (including phenoxy) is 2. The van der Waals surface area contributed by atoms with E-state index in [-0.39, 0.29) is 0 Å². The zero-order valence-electron chi connectivity index (χ0n) is 13.9. The van der Waals surface area contributed by atoms with Crippen molar-refractivity contribution in [1.82, 2.24) is 15.1 Å². The van der Waals surface area contributed by atoms with Crippen LogP contribution in [0.1, 0.15) is 11.1 Å². The van der Waals surface area contributed by atoms with Crippen LogP contribution in [-0.4, -0.2) is 24.0 Å². The normalized spacial score (nSPS) is 10.6. The Labute approximate surface area is 141 Å². The highest BCUT2D eigenvalue weighted by atomic mass is 16.5. The Balaban J connectivity index is 1.67. The van der Waals surface area contributed by atoms with Gasteiger partial charge in [-0.2, -0.15) is 5.10 Å². The fraction of sp³-hybridized carbons (Fsp3) is 0.211. The fourth-order valence-electron chi connectivity index (χ4n) is 2.63. The van der Waals surface area contributed by atoms with Gasteiger partial charge in [0.25, 0.3) is 0 Å². The van der Waals surface area contributed by atoms with Gasteiger partial charge in [0, 0.05) is 25.5 Å². The summed E-state index contributed by atoms with van der Waals surface area (Å²) in [6.07, 6.45) is 3.74. The highest BCUT2D eigenvalue weighted by molar-refractivity contribution is 5.43. The summed E-state index contributed by atoms with van der Waals surface area (Å²) in [6.45, 7) is 1.50. The van der Waals surface area contributed by atoms with Crippen LogP contribution in [0, 0.1) is 0 Å². The van der Waals surface area contributed by atoms with E-state index in [1.165, 1.54) is 5.56 Å². The molecule has 5 heteroatoms. The Morgan fingerprint density at radius 2 is 1.79 bits per heavy atom. The number of para-hydroxylation sites is 1. The van der Waals surface area contributed by atoms with Crippen molar-refractivity contribution in [3.05, 3.63) is 72.1 Å². The number of benzene rings is 2. The molecule has 5 nitrogen and oxygen atoms in total. The number of nitrogens with one attached hydrogen (secondary N) is 1. The van der Waals surface area contributed by atoms with Gasteiger partial charge in [-0.3, -0.25) is 0 Å². The number of hydrogen-bond donors (Lipinski definition) is 1. The van der Waals surface area contributed by atoms with E-state index in [0.717, 1.165) is 35.8 Å². The lowest BCUT2D eigenvalue weighted by Gasteiger charge is -2.12. The van der Waals surface area contributed by atoms with Gasteiger partial charge >= 0.3 is 0 Å². The van der Waals surface area contributed by atoms with Crippen molar-refractivity contribution in [2.75, 3.05) is 14.2 Å². The maximum atomic E-state index is 5.35. The standard InChI is InChI=1S/C19H21N3O2/c1-23-18-9-8-15(12-19(18)24-2)13-20-14-16-6-3-4-7-17(16)22-11-5-10-21-22/h3-12,20H,13-14H2,1-2H3. The highest BCUT2D eigenvalue weighted by Crippen LogP contribution is 2.27. The molecule has 3 aromatic rings. The molecule has 1 N–H and O–H groups in total. The van der Waals surface area contributed by atoms with Gasteiger partial charge in [-0.15, -0.1) is 0 Å². The predicted molar refractivity (Wildman–Crippen MR) is 93.7 cm³/mol. The van der Waals surface area contributed by atoms with Crippen LogP contribution >= 0.6 is 0 Å². The van der Waals surface area contributed by atoms with Crippen molar-refractivity contribution < 1.29 is 9.47 Å². The van der Waals surface area contributed by atoms with E-state index in [4.69, 9.17) is 9.47 Å². The zero-order chi connectivity index (χ0) is 16.8. The van der Waals surface area contributed by atoms with Crippen molar-refractivity contribution in [2.24, 2.45) is 0 Å². The highest BCUT2D eigenvalue weighted by Gasteiger charge is 2.06. The summed E-state index contributed by atoms with van der Waals surface area (Å²) >= 11 is 0. The second-order valence-corrected chi connectivity index (χ2v) is 5.37. The third-order valence-electron chi connectivity index (χ3n) is 3.84. The van der Waals surface area contributed by atoms with Crippen LogP contribution in [0.15, 0.2) is 60.9 Å². The van der Waals surface area contributed by atoms with E-state index in [2.05, 4.69) is 22.5 Å². The second-order valence-electron chi connectivity index (χ2n) is 5.37. The number of methoxy groups -OCH3 is 2. The largest absolute Gasteiger partial charge is 0.493 e. The first-order valence-corrected chi connectivity index (χ1v) is 7.81. The van der Waals surface area contributed by atoms with Gasteiger partial charge in [-0.1, -0.05) is 24.3 Å². The van der Waals surface area contributed by atoms with Gasteiger partial charge in [0.2, 0.25) is 0 Å². The molecule has 3 rings (SSSR count). The molecule has 0 unspecified atom stereocenters. The summed E-state index contributed by atoms with van der Waals surface area (Å²) in [5.41, 5.74) is 3.42. The molecule has 0 amide bonds. The van der Waals surface area contributed by atoms with E-state index >= 15 is 0 Å². The summed E-state index contributed by atoms with van der Waals surface area (Å²) in [7, 11) is 3.29. The van der Waals surface area contributed by atoms with Crippen molar-refractivity contribution in [1.29, 1.82) is 0 Å². The molecule has 0 fully saturated rings. The molecule has 2 aromatic carbocycles. The van der Waals surface area contributed by atoms with Crippen molar-refractivity contribution in [3.63, 3.8) is 0 Å². The smallest absolute Gasteiger partial charge is 0.161 e. The van der Waals surface area contributed by atoms with E-state index in [9.17, 15) is 0 Å². The van der Waals surface area contributed by atoms with Gasteiger partial charge < -0.3 is 14.8 Å². The summed E-state index contributed by atoms with van der Waals surface area (Å²) in [6, 6.07) is 16.1. The summed E-state index contributed by atoms with van der Waals surface area (Å²) < 4.78 is 12.5. The van der Waals surface area contributed by atoms with Crippen LogP contribution < -0.4 is 14.8 Å². The molecule has 0 atom stereocenters. The molecule has 0 saturated carbocycles. The second kappa shape index (κ2) is 7.66. The summed E-state index contributed by atoms with van der Waals surface area (Å²) in [5, 5.41) is 7.79. The van der Waals surface area contributed by atoms with Crippen LogP contribution in [0.2, 0.25) is 0 Å². The summed E-state index contributed by atoms with van der Waals surface area (Å²) in [5.74, 6) is 1.49. The van der Waals surface area contributed by atoms with Gasteiger partial charge in [0.15, 0.2) is 11.5 Å². The van der Waals surface area contributed by atoms with E-state index < -0.39 is 0 Å². The zero-order valence-corrected chi connectivity index (χ0v) is 13.9. The first-order chi connectivity index (χ1) is 11.8. The van der Waals surface area contributed by atoms with Crippen molar-refractivity contribution in [3.8, 4) is 17.2 Å². The predicted octanol–water partition coefficient (Wildman–Crippen LogP) is 3.18. The van der Waals surface area contributed by atoms with E-state index in [0.29, 0.717) is 0 Å². The molecule has 1 heterocycles. The lowest BCUT2D eigenvalue weighted by Crippen LogP contribution is -2.14. The Morgan fingerprint density at radius 1 is 0.958 bits per heavy atom. The molecule has 0 radical (unpaired) electrons. The molecule has 1 aromatic heterocycles. The van der Waals surface area contributed by atoms with Crippen molar-refractivity contribution >= 4 is 0 Å². The lowest BCUT2D eigenvalue weighted by atomic mass is 10.1. The third kappa shape index (κ3) is 3.58. The Bertz CT molecular complexity index is 785. The first kappa shape index (κ1) is 16.1. The minimum atomic E-state index is 0.741. The minimum Gasteiger partial charge on any atom is -0.493 e. The molecular formula is C19H21N3O2. The molecule has 0 aliphatic heterocycles. The van der Waals surface area contributed by atoms with Gasteiger partial charge in [0.05, 0.1) is 19.9 Å². The van der Waals surface area contributed by atoms with Gasteiger partial charge in [0.1, 0.15) is 0 Å². The molecule has 0 saturated heterocycles. The molecule has 0 bridgehead atoms. The monoisotopic (exact) mass is 323 g/mol. The molecule has 124 valence electrons. The average Bonchev–Trinajstić information content (AvgIpc) is 3.16. The summed E-state index contributed by atoms with van der Waals surface area (Å²) in [4.78, 5) is 0. The number of nitrogens with zero attached hydrogens (tertiary/aromatic N) is 2. The Morgan fingerprint density at radius 3 is 2.54 bits per heavy atom. The fourth-order valence-corrected chi connectivity index (χ4v) is 2.63. The average molecular weight is 323 g/mol. The quantitative estimate of drug-likeness (QED) is 0.725. The van der Waals surface area contributed by atoms with Crippen LogP contribution in [0.25, 0.3) is 5.69 Å². The molecule has 0 aliphatic carbocycles. The number of hydrogen-bond acceptors (Lipinski definition) is 4. The molecule has 0 spiro atoms. The minimum absolute atomic E-state index is 0.741. The van der Waals surface area contributed by atoms with Crippen LogP contribution in [0.3, 0.4) is 0 Å². The lowest BCUT2D eigenvalue weighted by molar-refractivity contribution is 0.354. The Hall–Kier alpha value is -2.79. The van der Waals surface area contributed by atoms with E-state index in [1.807, 2.05) is 47.3 Å². The van der Waals surface area contributed by atoms with Crippen LogP contribution in [-0.2, 0) is 13.1 Å². The first-order valence-electron chi connectivity index (χ1n) is 7.81. The van der Waals surface area contributed by atoms with Crippen LogP contribution in [0.5, 0.6) is 11.5 Å². The van der Waals surface area contributed by atoms with E-state index in [1.54, 1.807) is 20.4 Å². The number of rotatable bonds is 7. The number of aromatic nitrogens is 2. The molecule has 24 heavy (non-hydrogen) atoms. The molecular weight excluding hydrogens is 302 g/mol. The topological polar surface area (TPSA) is 48.3 Å². The van der Waals surface area contributed by atoms with Gasteiger partial charge in [-0.25, -0.2) is 4.68 Å². The van der Waals surface area contributed by atoms with Crippen LogP contribution in [0.4, 0.5) is 0 Å². The SMILES string of the molecule is COc1ccc(CNCc2ccccc2-n2cccn2)cc1OC. The van der Waals surface area contributed by atoms with Crippen molar-refractivity contribution in [2.45, 2.75) is 13.1 Å². The van der Waals surface area contributed by atoms with Gasteiger partial charge in [-0.05, 0) is 35.4 Å². The molecule has 0 aliphatic rings. The maximum Gasteiger partial charge on any atom is 0.161 e. The Kier molecular flexibility index (Phi) is 5.13.